The zero-order valence-corrected chi connectivity index (χ0v) is 49.8. The van der Waals surface area contributed by atoms with Crippen molar-refractivity contribution in [3.8, 4) is 5.75 Å². The number of amides is 1. The van der Waals surface area contributed by atoms with Crippen LogP contribution in [-0.4, -0.2) is 127 Å². The van der Waals surface area contributed by atoms with Gasteiger partial charge in [0.25, 0.3) is 10.9 Å². The van der Waals surface area contributed by atoms with E-state index in [0.29, 0.717) is 69.8 Å². The van der Waals surface area contributed by atoms with Crippen LogP contribution in [0.3, 0.4) is 0 Å². The topological polar surface area (TPSA) is 238 Å². The van der Waals surface area contributed by atoms with E-state index in [9.17, 15) is 53.7 Å². The van der Waals surface area contributed by atoms with Gasteiger partial charge < -0.3 is 40.4 Å². The Morgan fingerprint density at radius 1 is 0.709 bits per heavy atom. The van der Waals surface area contributed by atoms with Gasteiger partial charge in [0.05, 0.1) is 22.1 Å². The molecule has 0 radical (unpaired) electrons. The van der Waals surface area contributed by atoms with Crippen molar-refractivity contribution in [1.29, 1.82) is 0 Å². The van der Waals surface area contributed by atoms with Gasteiger partial charge in [-0.1, -0.05) is 87.0 Å². The van der Waals surface area contributed by atoms with Gasteiger partial charge >= 0.3 is 24.3 Å². The number of fused-ring (bicyclic) bond motifs is 2. The number of carboxylic acids is 2. The molecule has 5 N–H and O–H groups in total. The summed E-state index contributed by atoms with van der Waals surface area (Å²) in [5.41, 5.74) is 7.67. The molecule has 0 atom stereocenters. The Morgan fingerprint density at radius 3 is 1.95 bits per heavy atom. The number of unbranched alkanes of at least 4 members (excludes halogenated alkanes) is 4. The number of para-hydroxylation sites is 2. The van der Waals surface area contributed by atoms with Crippen LogP contribution in [0.4, 0.5) is 49.1 Å². The highest BCUT2D eigenvalue weighted by Crippen LogP contribution is 2.48. The van der Waals surface area contributed by atoms with Crippen LogP contribution >= 0.6 is 0 Å². The van der Waals surface area contributed by atoms with Crippen molar-refractivity contribution >= 4 is 56.4 Å². The molecular weight excluding hydrogens is 1150 g/mol. The number of nitrogens with one attached hydrogen (secondary N) is 3. The van der Waals surface area contributed by atoms with Gasteiger partial charge in [0.2, 0.25) is 11.6 Å². The maximum absolute atomic E-state index is 12.8. The molecule has 0 unspecified atom stereocenters. The Labute approximate surface area is 498 Å². The standard InChI is InChI=1S/C58H76N6O7S.2C2HF3O2/c1-57(2)46-26-11-13-28-48(46)63(50(57)30-8-5-9-31-51-58(3,4)47-27-12-14-29-49(47)64(51)39-20-21-41-72(68,69)70)38-19-6-10-32-52(65)59-33-15-16-34-60-53-54(56(67)55(53)66)61-35-23-40-71-45-25-22-24-44(42-45)43-62-36-17-7-18-37-62;2*3-2(4,5)1(6)7/h5,8-9,11-14,22,24-31,42H,6-7,10,15-21,23,32-41,43H2,1-4H3,(H3-,59,60,61,65,66,67,68,69,70);2*(H,6,7). The summed E-state index contributed by atoms with van der Waals surface area (Å²) in [5, 5.41) is 23.6. The van der Waals surface area contributed by atoms with Crippen molar-refractivity contribution in [2.45, 2.75) is 134 Å². The number of aliphatic carboxylic acids is 2. The second-order valence-electron chi connectivity index (χ2n) is 22.2. The van der Waals surface area contributed by atoms with Crippen LogP contribution in [-0.2, 0) is 41.9 Å². The highest BCUT2D eigenvalue weighted by molar-refractivity contribution is 7.85. The molecule has 4 aromatic rings. The number of allylic oxidation sites excluding steroid dienone is 6. The molecule has 24 heteroatoms. The minimum absolute atomic E-state index is 0.0401. The first-order valence-corrected chi connectivity index (χ1v) is 30.3. The summed E-state index contributed by atoms with van der Waals surface area (Å²) in [5.74, 6) is -4.98. The molecule has 1 saturated heterocycles. The smallest absolute Gasteiger partial charge is 0.490 e. The molecule has 3 heterocycles. The number of alkyl halides is 6. The molecular formula is C62H78F6N6O11S. The number of nitrogens with zero attached hydrogens (tertiary/aromatic N) is 3. The van der Waals surface area contributed by atoms with Gasteiger partial charge in [-0.15, -0.1) is 0 Å². The third kappa shape index (κ3) is 20.7. The van der Waals surface area contributed by atoms with Crippen LogP contribution < -0.4 is 36.4 Å². The van der Waals surface area contributed by atoms with Crippen LogP contribution in [0.2, 0.25) is 0 Å². The SMILES string of the molecule is CC1(C)C(/C=C/C=C/C=C2/N(CCCCS(=O)(=O)[O-])c3ccccc3C2(C)C)=[N+](CCCCCC(=O)NCCCCNc2c(NCCCOc3cccc(CN4CCCCC4)c3)c(=O)c2=O)c2ccccc21.O=C(O)C(F)(F)F.O=C(O)C(F)(F)F. The lowest BCUT2D eigenvalue weighted by Gasteiger charge is -2.27. The number of carbonyl (C=O) groups excluding carboxylic acids is 1. The fraction of sp³-hybridized carbons (Fsp3) is 0.484. The predicted molar refractivity (Wildman–Crippen MR) is 318 cm³/mol. The molecule has 0 bridgehead atoms. The lowest BCUT2D eigenvalue weighted by molar-refractivity contribution is -0.438. The maximum Gasteiger partial charge on any atom is 0.490 e. The quantitative estimate of drug-likeness (QED) is 0.00888. The third-order valence-corrected chi connectivity index (χ3v) is 15.7. The number of halogens is 6. The summed E-state index contributed by atoms with van der Waals surface area (Å²) < 4.78 is 106. The third-order valence-electron chi connectivity index (χ3n) is 14.9. The summed E-state index contributed by atoms with van der Waals surface area (Å²) in [6.45, 7) is 15.7. The molecule has 0 aromatic heterocycles. The lowest BCUT2D eigenvalue weighted by atomic mass is 9.81. The average Bonchev–Trinajstić information content (AvgIpc) is 2.29. The molecule has 4 aromatic carbocycles. The number of likely N-dealkylation sites (tertiary alicyclic amines) is 1. The van der Waals surface area contributed by atoms with E-state index in [2.05, 4.69) is 137 Å². The van der Waals surface area contributed by atoms with Crippen LogP contribution in [0.25, 0.3) is 0 Å². The predicted octanol–water partition coefficient (Wildman–Crippen LogP) is 10.5. The Kier molecular flexibility index (Phi) is 25.8. The second kappa shape index (κ2) is 31.9. The van der Waals surface area contributed by atoms with E-state index in [1.807, 2.05) is 24.3 Å². The number of hydrogen-bond acceptors (Lipinski definition) is 13. The van der Waals surface area contributed by atoms with Crippen molar-refractivity contribution in [2.24, 2.45) is 0 Å². The van der Waals surface area contributed by atoms with Crippen molar-refractivity contribution in [1.82, 2.24) is 10.2 Å². The van der Waals surface area contributed by atoms with Crippen molar-refractivity contribution < 1.29 is 73.2 Å². The number of piperidine rings is 1. The molecule has 3 aliphatic heterocycles. The first kappa shape index (κ1) is 69.5. The van der Waals surface area contributed by atoms with Crippen LogP contribution in [0.1, 0.15) is 121 Å². The maximum atomic E-state index is 12.8. The number of ether oxygens (including phenoxy) is 1. The molecule has 1 fully saturated rings. The first-order chi connectivity index (χ1) is 40.5. The fourth-order valence-corrected chi connectivity index (χ4v) is 11.1. The lowest BCUT2D eigenvalue weighted by Crippen LogP contribution is -2.38. The number of benzene rings is 3. The first-order valence-electron chi connectivity index (χ1n) is 28.8. The van der Waals surface area contributed by atoms with Crippen LogP contribution in [0.15, 0.2) is 118 Å². The summed E-state index contributed by atoms with van der Waals surface area (Å²) in [6.07, 6.45) is 10.5. The van der Waals surface area contributed by atoms with Gasteiger partial charge in [0, 0.05) is 85.8 Å². The van der Waals surface area contributed by atoms with Crippen LogP contribution in [0.5, 0.6) is 5.75 Å². The summed E-state index contributed by atoms with van der Waals surface area (Å²) in [7, 11) is -4.24. The monoisotopic (exact) mass is 1230 g/mol. The summed E-state index contributed by atoms with van der Waals surface area (Å²) in [6, 6.07) is 25.2. The highest BCUT2D eigenvalue weighted by atomic mass is 32.2. The van der Waals surface area contributed by atoms with E-state index in [1.165, 1.54) is 47.4 Å². The average molecular weight is 1230 g/mol. The van der Waals surface area contributed by atoms with E-state index >= 15 is 0 Å². The van der Waals surface area contributed by atoms with Gasteiger partial charge in [0.15, 0.2) is 5.71 Å². The van der Waals surface area contributed by atoms with Crippen molar-refractivity contribution in [2.75, 3.05) is 73.7 Å². The zero-order valence-electron chi connectivity index (χ0n) is 49.0. The van der Waals surface area contributed by atoms with Gasteiger partial charge in [0.1, 0.15) is 23.7 Å². The Balaban J connectivity index is 0.000000858. The van der Waals surface area contributed by atoms with Gasteiger partial charge in [-0.2, -0.15) is 30.9 Å². The van der Waals surface area contributed by atoms with Gasteiger partial charge in [-0.3, -0.25) is 19.3 Å². The molecule has 17 nitrogen and oxygen atoms in total. The molecule has 1 amide bonds. The Hall–Kier alpha value is -7.31. The largest absolute Gasteiger partial charge is 0.748 e. The summed E-state index contributed by atoms with van der Waals surface area (Å²) >= 11 is 0. The zero-order chi connectivity index (χ0) is 63.3. The molecule has 0 spiro atoms. The summed E-state index contributed by atoms with van der Waals surface area (Å²) in [4.78, 5) is 59.9. The minimum atomic E-state index is -5.08. The Bertz CT molecular complexity index is 3230. The van der Waals surface area contributed by atoms with E-state index in [4.69, 9.17) is 24.5 Å². The number of carboxylic acid groups (broad SMARTS) is 2. The number of anilines is 3. The Morgan fingerprint density at radius 2 is 1.31 bits per heavy atom. The van der Waals surface area contributed by atoms with Gasteiger partial charge in [-0.25, -0.2) is 18.0 Å². The number of carbonyl (C=O) groups is 3. The fourth-order valence-electron chi connectivity index (χ4n) is 10.5. The normalized spacial score (nSPS) is 16.1. The second-order valence-corrected chi connectivity index (χ2v) is 23.7. The molecule has 0 aliphatic carbocycles. The van der Waals surface area contributed by atoms with Crippen molar-refractivity contribution in [3.05, 3.63) is 146 Å². The van der Waals surface area contributed by atoms with E-state index in [1.54, 1.807) is 0 Å². The molecule has 7 rings (SSSR count). The molecule has 0 saturated carbocycles. The number of rotatable bonds is 28. The van der Waals surface area contributed by atoms with Gasteiger partial charge in [-0.05, 0) is 120 Å². The van der Waals surface area contributed by atoms with E-state index < -0.39 is 45.3 Å². The number of hydrogen-bond donors (Lipinski definition) is 5. The minimum Gasteiger partial charge on any atom is -0.748 e. The molecule has 470 valence electrons. The van der Waals surface area contributed by atoms with E-state index in [0.717, 1.165) is 75.4 Å². The highest BCUT2D eigenvalue weighted by Gasteiger charge is 2.44. The van der Waals surface area contributed by atoms with Crippen LogP contribution in [0, 0.1) is 0 Å². The molecule has 86 heavy (non-hydrogen) atoms. The molecule has 3 aliphatic rings. The van der Waals surface area contributed by atoms with E-state index in [-0.39, 0.29) is 22.5 Å². The van der Waals surface area contributed by atoms with Crippen molar-refractivity contribution in [3.63, 3.8) is 0 Å².